The van der Waals surface area contributed by atoms with E-state index in [1.807, 2.05) is 31.2 Å². The number of ether oxygens (including phenoxy) is 2. The highest BCUT2D eigenvalue weighted by molar-refractivity contribution is 7.81. The van der Waals surface area contributed by atoms with Gasteiger partial charge in [-0.1, -0.05) is 42.0 Å². The predicted molar refractivity (Wildman–Crippen MR) is 124 cm³/mol. The summed E-state index contributed by atoms with van der Waals surface area (Å²) in [6, 6.07) is 11.3. The van der Waals surface area contributed by atoms with Crippen LogP contribution in [0, 0.1) is 6.92 Å². The Kier molecular flexibility index (Phi) is 6.36. The number of H-pyrrole nitrogens is 1. The molecule has 0 aliphatic carbocycles. The second-order valence-electron chi connectivity index (χ2n) is 7.66. The van der Waals surface area contributed by atoms with E-state index in [0.29, 0.717) is 46.8 Å². The van der Waals surface area contributed by atoms with Crippen molar-refractivity contribution in [3.63, 3.8) is 0 Å². The monoisotopic (exact) mass is 438 g/mol. The molecule has 4 rings (SSSR count). The average molecular weight is 439 g/mol. The normalized spacial score (nSPS) is 14.6. The summed E-state index contributed by atoms with van der Waals surface area (Å²) in [6.07, 6.45) is 0. The van der Waals surface area contributed by atoms with Crippen molar-refractivity contribution in [2.45, 2.75) is 20.4 Å². The number of aromatic hydroxyl groups is 1. The molecule has 1 aliphatic rings. The number of thiocarbonyl (C=S) groups is 1. The highest BCUT2D eigenvalue weighted by Gasteiger charge is 2.27. The van der Waals surface area contributed by atoms with Crippen LogP contribution in [-0.4, -0.2) is 58.7 Å². The van der Waals surface area contributed by atoms with Crippen molar-refractivity contribution in [3.05, 3.63) is 64.3 Å². The third-order valence-corrected chi connectivity index (χ3v) is 5.99. The zero-order valence-electron chi connectivity index (χ0n) is 17.7. The molecule has 2 heterocycles. The molecule has 0 radical (unpaired) electrons. The van der Waals surface area contributed by atoms with Crippen LogP contribution in [0.3, 0.4) is 0 Å². The number of hydrogen-bond donors (Lipinski definition) is 2. The van der Waals surface area contributed by atoms with Gasteiger partial charge in [0.15, 0.2) is 0 Å². The summed E-state index contributed by atoms with van der Waals surface area (Å²) < 4.78 is 10.8. The SMILES string of the molecule is CCOC(=O)c1c(C(=S)c2ccc(C)cc2)[nH]c2ccc(O)c(CN3CCOCC3)c12. The number of rotatable bonds is 6. The van der Waals surface area contributed by atoms with Crippen LogP contribution in [0.5, 0.6) is 5.75 Å². The number of carbonyl (C=O) groups excluding carboxylic acids is 1. The number of phenolic OH excluding ortho intramolecular Hbond substituents is 1. The number of aromatic amines is 1. The van der Waals surface area contributed by atoms with Crippen molar-refractivity contribution in [3.8, 4) is 5.75 Å². The molecule has 162 valence electrons. The summed E-state index contributed by atoms with van der Waals surface area (Å²) in [7, 11) is 0. The van der Waals surface area contributed by atoms with Crippen LogP contribution in [0.15, 0.2) is 36.4 Å². The van der Waals surface area contributed by atoms with E-state index < -0.39 is 5.97 Å². The number of aryl methyl sites for hydroxylation is 1. The van der Waals surface area contributed by atoms with Gasteiger partial charge >= 0.3 is 5.97 Å². The average Bonchev–Trinajstić information content (AvgIpc) is 3.17. The van der Waals surface area contributed by atoms with Crippen LogP contribution in [0.2, 0.25) is 0 Å². The van der Waals surface area contributed by atoms with Gasteiger partial charge in [-0.15, -0.1) is 0 Å². The lowest BCUT2D eigenvalue weighted by atomic mass is 10.00. The fourth-order valence-corrected chi connectivity index (χ4v) is 4.21. The highest BCUT2D eigenvalue weighted by atomic mass is 32.1. The fraction of sp³-hybridized carbons (Fsp3) is 0.333. The number of morpholine rings is 1. The lowest BCUT2D eigenvalue weighted by Crippen LogP contribution is -2.35. The molecule has 1 aliphatic heterocycles. The number of nitrogens with one attached hydrogen (secondary N) is 1. The van der Waals surface area contributed by atoms with Gasteiger partial charge in [-0.2, -0.15) is 0 Å². The van der Waals surface area contributed by atoms with Crippen molar-refractivity contribution >= 4 is 34.0 Å². The Morgan fingerprint density at radius 2 is 1.90 bits per heavy atom. The van der Waals surface area contributed by atoms with E-state index >= 15 is 0 Å². The molecule has 0 atom stereocenters. The van der Waals surface area contributed by atoms with Gasteiger partial charge in [0.2, 0.25) is 0 Å². The predicted octanol–water partition coefficient (Wildman–Crippen LogP) is 3.96. The van der Waals surface area contributed by atoms with Crippen LogP contribution in [-0.2, 0) is 16.0 Å². The Bertz CT molecular complexity index is 1110. The van der Waals surface area contributed by atoms with E-state index in [0.717, 1.165) is 29.7 Å². The lowest BCUT2D eigenvalue weighted by Gasteiger charge is -2.27. The van der Waals surface area contributed by atoms with E-state index in [2.05, 4.69) is 9.88 Å². The van der Waals surface area contributed by atoms with Crippen LogP contribution < -0.4 is 0 Å². The van der Waals surface area contributed by atoms with E-state index in [9.17, 15) is 9.90 Å². The van der Waals surface area contributed by atoms with Crippen molar-refractivity contribution in [1.82, 2.24) is 9.88 Å². The number of benzene rings is 2. The Balaban J connectivity index is 1.87. The number of esters is 1. The summed E-state index contributed by atoms with van der Waals surface area (Å²) in [4.78, 5) is 19.1. The number of fused-ring (bicyclic) bond motifs is 1. The van der Waals surface area contributed by atoms with E-state index in [4.69, 9.17) is 21.7 Å². The summed E-state index contributed by atoms with van der Waals surface area (Å²) >= 11 is 5.77. The van der Waals surface area contributed by atoms with Gasteiger partial charge in [0, 0.05) is 36.1 Å². The smallest absolute Gasteiger partial charge is 0.341 e. The fourth-order valence-electron chi connectivity index (χ4n) is 3.92. The van der Waals surface area contributed by atoms with Crippen LogP contribution in [0.25, 0.3) is 10.9 Å². The number of hydrogen-bond acceptors (Lipinski definition) is 6. The van der Waals surface area contributed by atoms with Gasteiger partial charge in [-0.25, -0.2) is 4.79 Å². The van der Waals surface area contributed by atoms with Gasteiger partial charge in [0.05, 0.1) is 35.9 Å². The van der Waals surface area contributed by atoms with E-state index in [1.165, 1.54) is 0 Å². The number of nitrogens with zero attached hydrogens (tertiary/aromatic N) is 1. The summed E-state index contributed by atoms with van der Waals surface area (Å²) in [5.41, 5.74) is 4.33. The molecule has 1 fully saturated rings. The van der Waals surface area contributed by atoms with Crippen LogP contribution >= 0.6 is 12.2 Å². The summed E-state index contributed by atoms with van der Waals surface area (Å²) in [5, 5.41) is 11.4. The van der Waals surface area contributed by atoms with Gasteiger partial charge in [-0.3, -0.25) is 4.90 Å². The second kappa shape index (κ2) is 9.18. The van der Waals surface area contributed by atoms with Crippen molar-refractivity contribution < 1.29 is 19.4 Å². The number of carbonyl (C=O) groups is 1. The molecule has 1 aromatic heterocycles. The first-order valence-corrected chi connectivity index (χ1v) is 10.9. The molecule has 0 saturated carbocycles. The second-order valence-corrected chi connectivity index (χ2v) is 8.07. The van der Waals surface area contributed by atoms with E-state index in [-0.39, 0.29) is 12.4 Å². The van der Waals surface area contributed by atoms with E-state index in [1.54, 1.807) is 19.1 Å². The molecular weight excluding hydrogens is 412 g/mol. The first-order valence-electron chi connectivity index (χ1n) is 10.4. The van der Waals surface area contributed by atoms with Crippen LogP contribution in [0.4, 0.5) is 0 Å². The van der Waals surface area contributed by atoms with Crippen LogP contribution in [0.1, 0.15) is 39.7 Å². The molecule has 0 spiro atoms. The van der Waals surface area contributed by atoms with Crippen molar-refractivity contribution in [2.24, 2.45) is 0 Å². The molecule has 3 aromatic rings. The topological polar surface area (TPSA) is 74.8 Å². The zero-order valence-corrected chi connectivity index (χ0v) is 18.6. The molecule has 31 heavy (non-hydrogen) atoms. The standard InChI is InChI=1S/C24H26N2O4S/c1-3-30-24(28)21-20-17(14-26-10-12-29-13-11-26)19(27)9-8-18(20)25-22(21)23(31)16-6-4-15(2)5-7-16/h4-9,25,27H,3,10-14H2,1-2H3. The maximum Gasteiger partial charge on any atom is 0.341 e. The molecule has 0 amide bonds. The quantitative estimate of drug-likeness (QED) is 0.345. The molecule has 0 bridgehead atoms. The van der Waals surface area contributed by atoms with Gasteiger partial charge in [0.1, 0.15) is 5.75 Å². The first-order chi connectivity index (χ1) is 15.0. The molecule has 0 unspecified atom stereocenters. The lowest BCUT2D eigenvalue weighted by molar-refractivity contribution is 0.0340. The molecule has 2 N–H and O–H groups in total. The van der Waals surface area contributed by atoms with Gasteiger partial charge in [-0.05, 0) is 31.5 Å². The largest absolute Gasteiger partial charge is 0.508 e. The maximum absolute atomic E-state index is 13.1. The molecule has 6 nitrogen and oxygen atoms in total. The van der Waals surface area contributed by atoms with Gasteiger partial charge in [0.25, 0.3) is 0 Å². The maximum atomic E-state index is 13.1. The third kappa shape index (κ3) is 4.35. The van der Waals surface area contributed by atoms with Gasteiger partial charge < -0.3 is 19.6 Å². The minimum Gasteiger partial charge on any atom is -0.508 e. The highest BCUT2D eigenvalue weighted by Crippen LogP contribution is 2.34. The molecule has 1 saturated heterocycles. The summed E-state index contributed by atoms with van der Waals surface area (Å²) in [5.74, 6) is -0.302. The summed E-state index contributed by atoms with van der Waals surface area (Å²) in [6.45, 7) is 7.38. The Morgan fingerprint density at radius 3 is 2.58 bits per heavy atom. The van der Waals surface area contributed by atoms with Crippen molar-refractivity contribution in [1.29, 1.82) is 0 Å². The number of aromatic nitrogens is 1. The van der Waals surface area contributed by atoms with Crippen molar-refractivity contribution in [2.75, 3.05) is 32.9 Å². The number of phenols is 1. The minimum atomic E-state index is -0.452. The first kappa shape index (κ1) is 21.5. The Morgan fingerprint density at radius 1 is 1.19 bits per heavy atom. The third-order valence-electron chi connectivity index (χ3n) is 5.55. The Labute approximate surface area is 186 Å². The molecule has 2 aromatic carbocycles. The molecular formula is C24H26N2O4S. The Hall–Kier alpha value is -2.74. The molecule has 7 heteroatoms. The zero-order chi connectivity index (χ0) is 22.0. The minimum absolute atomic E-state index is 0.149.